The Bertz CT molecular complexity index is 1350. The average molecular weight is 488 g/mol. The summed E-state index contributed by atoms with van der Waals surface area (Å²) >= 11 is 6.55. The fourth-order valence-electron chi connectivity index (χ4n) is 4.64. The van der Waals surface area contributed by atoms with Gasteiger partial charge in [0.1, 0.15) is 5.82 Å². The van der Waals surface area contributed by atoms with Gasteiger partial charge in [-0.2, -0.15) is 0 Å². The molecule has 3 N–H and O–H groups in total. The molecule has 3 aromatic carbocycles. The van der Waals surface area contributed by atoms with Crippen LogP contribution in [0, 0.1) is 0 Å². The molecular formula is C28H26ClN3O3. The maximum atomic E-state index is 12.3. The molecule has 7 heteroatoms. The number of aromatic amines is 1. The number of nitrogens with one attached hydrogen (secondary N) is 1. The Kier molecular flexibility index (Phi) is 6.68. The quantitative estimate of drug-likeness (QED) is 0.380. The van der Waals surface area contributed by atoms with Gasteiger partial charge in [0.2, 0.25) is 0 Å². The van der Waals surface area contributed by atoms with Crippen LogP contribution < -0.4 is 0 Å². The maximum absolute atomic E-state index is 12.3. The Balaban J connectivity index is 1.39. The normalized spacial score (nSPS) is 14.0. The number of fused-ring (bicyclic) bond motifs is 1. The monoisotopic (exact) mass is 487 g/mol. The van der Waals surface area contributed by atoms with Gasteiger partial charge in [0, 0.05) is 18.7 Å². The predicted molar refractivity (Wildman–Crippen MR) is 136 cm³/mol. The molecule has 0 radical (unpaired) electrons. The number of nitrogens with zero attached hydrogens (tertiary/aromatic N) is 2. The van der Waals surface area contributed by atoms with Gasteiger partial charge in [-0.1, -0.05) is 66.2 Å². The van der Waals surface area contributed by atoms with Crippen molar-refractivity contribution < 1.29 is 15.0 Å². The molecule has 1 aromatic heterocycles. The minimum Gasteiger partial charge on any atom is -0.393 e. The van der Waals surface area contributed by atoms with Crippen LogP contribution in [0.5, 0.6) is 0 Å². The summed E-state index contributed by atoms with van der Waals surface area (Å²) in [5, 5.41) is 19.5. The number of aromatic nitrogens is 2. The van der Waals surface area contributed by atoms with E-state index in [4.69, 9.17) is 16.7 Å². The van der Waals surface area contributed by atoms with E-state index in [0.29, 0.717) is 24.5 Å². The summed E-state index contributed by atoms with van der Waals surface area (Å²) in [5.41, 5.74) is 7.47. The largest absolute Gasteiger partial charge is 0.393 e. The molecule has 0 saturated heterocycles. The highest BCUT2D eigenvalue weighted by atomic mass is 35.5. The molecule has 0 spiro atoms. The summed E-state index contributed by atoms with van der Waals surface area (Å²) < 4.78 is 0. The van der Waals surface area contributed by atoms with Gasteiger partial charge < -0.3 is 20.1 Å². The summed E-state index contributed by atoms with van der Waals surface area (Å²) in [6, 6.07) is 22.2. The highest BCUT2D eigenvalue weighted by Gasteiger charge is 2.26. The summed E-state index contributed by atoms with van der Waals surface area (Å²) in [6.45, 7) is 0.379. The number of aliphatic hydroxyl groups is 2. The van der Waals surface area contributed by atoms with Crippen LogP contribution in [0.4, 0.5) is 0 Å². The smallest absolute Gasteiger partial charge is 0.254 e. The van der Waals surface area contributed by atoms with E-state index >= 15 is 0 Å². The zero-order valence-corrected chi connectivity index (χ0v) is 19.9. The zero-order valence-electron chi connectivity index (χ0n) is 19.1. The molecule has 0 aliphatic carbocycles. The van der Waals surface area contributed by atoms with Crippen LogP contribution in [0.3, 0.4) is 0 Å². The Labute approximate surface area is 208 Å². The molecule has 0 saturated carbocycles. The number of carbonyl (C=O) groups excluding carboxylic acids is 1. The van der Waals surface area contributed by atoms with Crippen molar-refractivity contribution in [3.63, 3.8) is 0 Å². The van der Waals surface area contributed by atoms with E-state index in [1.807, 2.05) is 60.8 Å². The number of benzene rings is 3. The second kappa shape index (κ2) is 10.0. The third-order valence-electron chi connectivity index (χ3n) is 6.47. The minimum absolute atomic E-state index is 0.430. The third-order valence-corrected chi connectivity index (χ3v) is 6.80. The third kappa shape index (κ3) is 4.86. The molecule has 2 heterocycles. The van der Waals surface area contributed by atoms with E-state index in [0.717, 1.165) is 40.2 Å². The van der Waals surface area contributed by atoms with Crippen LogP contribution in [0.25, 0.3) is 22.6 Å². The van der Waals surface area contributed by atoms with Crippen LogP contribution in [0.2, 0.25) is 5.02 Å². The first kappa shape index (κ1) is 23.3. The van der Waals surface area contributed by atoms with E-state index in [-0.39, 0.29) is 0 Å². The number of H-pyrrole nitrogens is 1. The molecule has 178 valence electrons. The number of halogens is 1. The molecule has 1 aliphatic heterocycles. The highest BCUT2D eigenvalue weighted by molar-refractivity contribution is 6.33. The van der Waals surface area contributed by atoms with E-state index in [1.54, 1.807) is 4.90 Å². The molecule has 0 fully saturated rings. The average Bonchev–Trinajstić information content (AvgIpc) is 3.39. The lowest BCUT2D eigenvalue weighted by Crippen LogP contribution is -2.43. The van der Waals surface area contributed by atoms with Crippen molar-refractivity contribution >= 4 is 17.5 Å². The van der Waals surface area contributed by atoms with Gasteiger partial charge in [-0.15, -0.1) is 0 Å². The van der Waals surface area contributed by atoms with Gasteiger partial charge in [0.25, 0.3) is 5.91 Å². The number of rotatable bonds is 6. The van der Waals surface area contributed by atoms with E-state index in [1.165, 1.54) is 11.1 Å². The summed E-state index contributed by atoms with van der Waals surface area (Å²) in [5.74, 6) is 0.293. The van der Waals surface area contributed by atoms with Gasteiger partial charge in [0.05, 0.1) is 23.5 Å². The summed E-state index contributed by atoms with van der Waals surface area (Å²) in [6.07, 6.45) is 1.89. The first-order valence-electron chi connectivity index (χ1n) is 11.6. The van der Waals surface area contributed by atoms with Crippen LogP contribution in [-0.4, -0.2) is 50.2 Å². The molecule has 35 heavy (non-hydrogen) atoms. The molecule has 0 unspecified atom stereocenters. The van der Waals surface area contributed by atoms with Crippen molar-refractivity contribution in [1.29, 1.82) is 0 Å². The summed E-state index contributed by atoms with van der Waals surface area (Å²) in [4.78, 5) is 21.9. The lowest BCUT2D eigenvalue weighted by molar-refractivity contribution is -0.143. The molecule has 0 bridgehead atoms. The number of hydrogen-bond acceptors (Lipinski definition) is 4. The highest BCUT2D eigenvalue weighted by Crippen LogP contribution is 2.31. The summed E-state index contributed by atoms with van der Waals surface area (Å²) in [7, 11) is 0. The van der Waals surface area contributed by atoms with Crippen molar-refractivity contribution in [1.82, 2.24) is 14.9 Å². The number of amides is 1. The molecule has 5 rings (SSSR count). The lowest BCUT2D eigenvalue weighted by atomic mass is 9.90. The van der Waals surface area contributed by atoms with Crippen LogP contribution in [-0.2, 0) is 24.2 Å². The predicted octanol–water partition coefficient (Wildman–Crippen LogP) is 4.23. The Morgan fingerprint density at radius 3 is 2.74 bits per heavy atom. The van der Waals surface area contributed by atoms with Gasteiger partial charge in [-0.05, 0) is 52.8 Å². The van der Waals surface area contributed by atoms with Gasteiger partial charge >= 0.3 is 0 Å². The Morgan fingerprint density at radius 1 is 1.11 bits per heavy atom. The first-order chi connectivity index (χ1) is 17.0. The van der Waals surface area contributed by atoms with Gasteiger partial charge in [0.15, 0.2) is 6.10 Å². The standard InChI is InChI=1S/C28H26ClN3O3/c29-24-10-9-18(14-23(24)27-30-15-25(31-27)19-5-2-1-3-6-19)13-20-7-4-8-21-16-32(12-11-22(20)21)28(35)26(34)17-33/h1-10,14-15,26,33-34H,11-13,16-17H2,(H,30,31)/t26-/m1/s1. The van der Waals surface area contributed by atoms with Crippen molar-refractivity contribution in [3.8, 4) is 22.6 Å². The number of imidazole rings is 1. The van der Waals surface area contributed by atoms with Gasteiger partial charge in [-0.25, -0.2) is 4.98 Å². The van der Waals surface area contributed by atoms with Crippen molar-refractivity contribution in [3.05, 3.63) is 100 Å². The molecular weight excluding hydrogens is 462 g/mol. The van der Waals surface area contributed by atoms with Crippen molar-refractivity contribution in [2.24, 2.45) is 0 Å². The second-order valence-electron chi connectivity index (χ2n) is 8.77. The lowest BCUT2D eigenvalue weighted by Gasteiger charge is -2.31. The second-order valence-corrected chi connectivity index (χ2v) is 9.17. The molecule has 4 aromatic rings. The fourth-order valence-corrected chi connectivity index (χ4v) is 4.84. The SMILES string of the molecule is O=C([C@H](O)CO)N1CCc2c(Cc3ccc(Cl)c(-c4ncc(-c5ccccc5)[nH]4)c3)cccc2C1. The number of hydrogen-bond donors (Lipinski definition) is 3. The van der Waals surface area contributed by atoms with E-state index in [9.17, 15) is 9.90 Å². The number of carbonyl (C=O) groups is 1. The van der Waals surface area contributed by atoms with E-state index in [2.05, 4.69) is 22.1 Å². The van der Waals surface area contributed by atoms with Crippen LogP contribution in [0.15, 0.2) is 72.9 Å². The van der Waals surface area contributed by atoms with Crippen LogP contribution >= 0.6 is 11.6 Å². The van der Waals surface area contributed by atoms with Crippen molar-refractivity contribution in [2.75, 3.05) is 13.2 Å². The van der Waals surface area contributed by atoms with Crippen molar-refractivity contribution in [2.45, 2.75) is 25.5 Å². The molecule has 1 atom stereocenters. The first-order valence-corrected chi connectivity index (χ1v) is 12.0. The topological polar surface area (TPSA) is 89.4 Å². The molecule has 6 nitrogen and oxygen atoms in total. The maximum Gasteiger partial charge on any atom is 0.254 e. The zero-order chi connectivity index (χ0) is 24.4. The minimum atomic E-state index is -1.36. The Hall–Kier alpha value is -3.45. The van der Waals surface area contributed by atoms with Crippen LogP contribution in [0.1, 0.15) is 22.3 Å². The fraction of sp³-hybridized carbons (Fsp3) is 0.214. The Morgan fingerprint density at radius 2 is 1.94 bits per heavy atom. The molecule has 1 amide bonds. The van der Waals surface area contributed by atoms with E-state index < -0.39 is 18.6 Å². The molecule has 1 aliphatic rings. The van der Waals surface area contributed by atoms with Gasteiger partial charge in [-0.3, -0.25) is 4.79 Å². The number of aliphatic hydroxyl groups excluding tert-OH is 2.